The van der Waals surface area contributed by atoms with Crippen LogP contribution in [0.25, 0.3) is 0 Å². The van der Waals surface area contributed by atoms with Gasteiger partial charge in [0.25, 0.3) is 5.56 Å². The monoisotopic (exact) mass is 458 g/mol. The highest BCUT2D eigenvalue weighted by Gasteiger charge is 2.28. The van der Waals surface area contributed by atoms with Gasteiger partial charge in [0.1, 0.15) is 5.02 Å². The van der Waals surface area contributed by atoms with Gasteiger partial charge in [0, 0.05) is 26.2 Å². The number of aromatic nitrogens is 2. The largest absolute Gasteiger partial charge is 0.366 e. The van der Waals surface area contributed by atoms with Gasteiger partial charge in [-0.3, -0.25) is 4.79 Å². The van der Waals surface area contributed by atoms with Crippen molar-refractivity contribution in [3.8, 4) is 0 Å². The molecule has 0 amide bonds. The molecule has 1 aromatic heterocycles. The predicted molar refractivity (Wildman–Crippen MR) is 122 cm³/mol. The molecule has 1 fully saturated rings. The number of hydrogen-bond donors (Lipinski definition) is 0. The van der Waals surface area contributed by atoms with Gasteiger partial charge >= 0.3 is 0 Å². The molecule has 2 heterocycles. The summed E-state index contributed by atoms with van der Waals surface area (Å²) in [5, 5.41) is 4.38. The molecule has 162 valence electrons. The van der Waals surface area contributed by atoms with Gasteiger partial charge in [-0.25, -0.2) is 13.1 Å². The number of piperazine rings is 1. The summed E-state index contributed by atoms with van der Waals surface area (Å²) in [6.45, 7) is 1.89. The molecule has 4 rings (SSSR count). The van der Waals surface area contributed by atoms with E-state index in [1.807, 2.05) is 65.6 Å². The van der Waals surface area contributed by atoms with Gasteiger partial charge in [0.2, 0.25) is 10.0 Å². The van der Waals surface area contributed by atoms with E-state index in [2.05, 4.69) is 5.10 Å². The first kappa shape index (κ1) is 21.5. The fourth-order valence-corrected chi connectivity index (χ4v) is 5.41. The quantitative estimate of drug-likeness (QED) is 0.567. The second kappa shape index (κ2) is 9.21. The van der Waals surface area contributed by atoms with E-state index < -0.39 is 10.0 Å². The second-order valence-corrected chi connectivity index (χ2v) is 9.77. The first-order valence-electron chi connectivity index (χ1n) is 10.0. The molecule has 0 radical (unpaired) electrons. The molecule has 1 saturated heterocycles. The molecule has 1 aliphatic rings. The van der Waals surface area contributed by atoms with E-state index in [0.29, 0.717) is 38.4 Å². The van der Waals surface area contributed by atoms with Gasteiger partial charge in [0.05, 0.1) is 24.2 Å². The Morgan fingerprint density at radius 2 is 1.45 bits per heavy atom. The van der Waals surface area contributed by atoms with Gasteiger partial charge in [-0.1, -0.05) is 72.3 Å². The van der Waals surface area contributed by atoms with Gasteiger partial charge in [-0.05, 0) is 11.1 Å². The topological polar surface area (TPSA) is 75.5 Å². The molecule has 0 unspecified atom stereocenters. The maximum atomic E-state index is 12.8. The molecule has 2 aromatic carbocycles. The minimum atomic E-state index is -3.41. The van der Waals surface area contributed by atoms with Gasteiger partial charge in [-0.15, -0.1) is 0 Å². The third-order valence-electron chi connectivity index (χ3n) is 5.31. The molecule has 7 nitrogen and oxygen atoms in total. The molecule has 31 heavy (non-hydrogen) atoms. The Morgan fingerprint density at radius 1 is 0.871 bits per heavy atom. The van der Waals surface area contributed by atoms with E-state index in [4.69, 9.17) is 11.6 Å². The highest BCUT2D eigenvalue weighted by atomic mass is 35.5. The summed E-state index contributed by atoms with van der Waals surface area (Å²) >= 11 is 6.38. The lowest BCUT2D eigenvalue weighted by Gasteiger charge is -2.35. The minimum absolute atomic E-state index is 0.0221. The van der Waals surface area contributed by atoms with Crippen molar-refractivity contribution in [2.24, 2.45) is 0 Å². The van der Waals surface area contributed by atoms with Crippen LogP contribution in [0.3, 0.4) is 0 Å². The first-order chi connectivity index (χ1) is 14.9. The van der Waals surface area contributed by atoms with Crippen molar-refractivity contribution in [2.75, 3.05) is 31.1 Å². The third kappa shape index (κ3) is 4.98. The van der Waals surface area contributed by atoms with E-state index in [1.54, 1.807) is 6.20 Å². The third-order valence-corrected chi connectivity index (χ3v) is 7.51. The van der Waals surface area contributed by atoms with Crippen LogP contribution in [-0.4, -0.2) is 48.7 Å². The molecule has 0 saturated carbocycles. The van der Waals surface area contributed by atoms with Crippen molar-refractivity contribution in [3.63, 3.8) is 0 Å². The van der Waals surface area contributed by atoms with E-state index >= 15 is 0 Å². The van der Waals surface area contributed by atoms with Crippen LogP contribution >= 0.6 is 11.6 Å². The van der Waals surface area contributed by atoms with Crippen LogP contribution in [0.1, 0.15) is 11.1 Å². The number of anilines is 1. The molecule has 0 bridgehead atoms. The van der Waals surface area contributed by atoms with Crippen molar-refractivity contribution < 1.29 is 8.42 Å². The summed E-state index contributed by atoms with van der Waals surface area (Å²) in [6.07, 6.45) is 1.58. The zero-order valence-corrected chi connectivity index (χ0v) is 18.5. The van der Waals surface area contributed by atoms with Crippen LogP contribution in [-0.2, 0) is 22.3 Å². The maximum Gasteiger partial charge on any atom is 0.287 e. The second-order valence-electron chi connectivity index (χ2n) is 7.42. The lowest BCUT2D eigenvalue weighted by Crippen LogP contribution is -2.49. The zero-order chi connectivity index (χ0) is 21.8. The van der Waals surface area contributed by atoms with Crippen molar-refractivity contribution in [1.29, 1.82) is 0 Å². The first-order valence-corrected chi connectivity index (χ1v) is 12.0. The van der Waals surface area contributed by atoms with Gasteiger partial charge in [-0.2, -0.15) is 9.40 Å². The Kier molecular flexibility index (Phi) is 6.41. The average molecular weight is 459 g/mol. The standard InChI is InChI=1S/C22H23ClN4O3S/c23-21-20(15-24-27(22(21)28)16-18-7-3-1-4-8-18)25-11-13-26(14-12-25)31(29,30)17-19-9-5-2-6-10-19/h1-10,15H,11-14,16-17H2. The van der Waals surface area contributed by atoms with Crippen molar-refractivity contribution in [3.05, 3.63) is 93.4 Å². The van der Waals surface area contributed by atoms with Crippen molar-refractivity contribution >= 4 is 27.3 Å². The highest BCUT2D eigenvalue weighted by Crippen LogP contribution is 2.24. The summed E-state index contributed by atoms with van der Waals surface area (Å²) in [5.41, 5.74) is 1.90. The molecule has 1 aliphatic heterocycles. The number of nitrogens with zero attached hydrogens (tertiary/aromatic N) is 4. The Labute approximate surface area is 186 Å². The van der Waals surface area contributed by atoms with E-state index in [-0.39, 0.29) is 16.3 Å². The number of rotatable bonds is 6. The molecule has 0 N–H and O–H groups in total. The number of hydrogen-bond acceptors (Lipinski definition) is 5. The summed E-state index contributed by atoms with van der Waals surface area (Å²) in [7, 11) is -3.41. The van der Waals surface area contributed by atoms with E-state index in [9.17, 15) is 13.2 Å². The van der Waals surface area contributed by atoms with E-state index in [0.717, 1.165) is 11.1 Å². The smallest absolute Gasteiger partial charge is 0.287 e. The van der Waals surface area contributed by atoms with E-state index in [1.165, 1.54) is 8.99 Å². The van der Waals surface area contributed by atoms with Crippen LogP contribution in [0.5, 0.6) is 0 Å². The Hall–Kier alpha value is -2.68. The fourth-order valence-electron chi connectivity index (χ4n) is 3.63. The van der Waals surface area contributed by atoms with Crippen LogP contribution in [0, 0.1) is 0 Å². The van der Waals surface area contributed by atoms with Gasteiger partial charge in [0.15, 0.2) is 0 Å². The van der Waals surface area contributed by atoms with Crippen LogP contribution in [0.15, 0.2) is 71.7 Å². The molecule has 3 aromatic rings. The SMILES string of the molecule is O=c1c(Cl)c(N2CCN(S(=O)(=O)Cc3ccccc3)CC2)cnn1Cc1ccccc1. The zero-order valence-electron chi connectivity index (χ0n) is 16.9. The lowest BCUT2D eigenvalue weighted by molar-refractivity contribution is 0.384. The fraction of sp³-hybridized carbons (Fsp3) is 0.273. The van der Waals surface area contributed by atoms with Crippen LogP contribution in [0.4, 0.5) is 5.69 Å². The Bertz CT molecular complexity index is 1190. The molecule has 9 heteroatoms. The van der Waals surface area contributed by atoms with Crippen LogP contribution < -0.4 is 10.5 Å². The summed E-state index contributed by atoms with van der Waals surface area (Å²) < 4.78 is 28.3. The minimum Gasteiger partial charge on any atom is -0.366 e. The number of halogens is 1. The van der Waals surface area contributed by atoms with Gasteiger partial charge < -0.3 is 4.90 Å². The Balaban J connectivity index is 1.44. The molecule has 0 aliphatic carbocycles. The molecule has 0 atom stereocenters. The maximum absolute atomic E-state index is 12.8. The number of benzene rings is 2. The number of sulfonamides is 1. The summed E-state index contributed by atoms with van der Waals surface area (Å²) in [6, 6.07) is 18.7. The molecule has 0 spiro atoms. The van der Waals surface area contributed by atoms with Crippen molar-refractivity contribution in [1.82, 2.24) is 14.1 Å². The molecular formula is C22H23ClN4O3S. The summed E-state index contributed by atoms with van der Waals surface area (Å²) in [5.74, 6) is -0.0221. The summed E-state index contributed by atoms with van der Waals surface area (Å²) in [4.78, 5) is 14.6. The van der Waals surface area contributed by atoms with Crippen LogP contribution in [0.2, 0.25) is 5.02 Å². The average Bonchev–Trinajstić information content (AvgIpc) is 2.78. The molecular weight excluding hydrogens is 436 g/mol. The highest BCUT2D eigenvalue weighted by molar-refractivity contribution is 7.88. The predicted octanol–water partition coefficient (Wildman–Crippen LogP) is 2.60. The normalized spacial score (nSPS) is 15.2. The lowest BCUT2D eigenvalue weighted by atomic mass is 10.2. The Morgan fingerprint density at radius 3 is 2.06 bits per heavy atom. The van der Waals surface area contributed by atoms with Crippen molar-refractivity contribution in [2.45, 2.75) is 12.3 Å².